The summed E-state index contributed by atoms with van der Waals surface area (Å²) >= 11 is 0. The number of hydrogen-bond donors (Lipinski definition) is 1. The highest BCUT2D eigenvalue weighted by Gasteiger charge is 2.31. The summed E-state index contributed by atoms with van der Waals surface area (Å²) in [5, 5.41) is 3.32. The lowest BCUT2D eigenvalue weighted by Crippen LogP contribution is -2.41. The molecule has 1 N–H and O–H groups in total. The quantitative estimate of drug-likeness (QED) is 0.613. The van der Waals surface area contributed by atoms with E-state index in [9.17, 15) is 8.42 Å². The first-order valence-electron chi connectivity index (χ1n) is 7.85. The zero-order valence-electron chi connectivity index (χ0n) is 13.4. The van der Waals surface area contributed by atoms with Gasteiger partial charge in [0.1, 0.15) is 0 Å². The maximum atomic E-state index is 11.8. The average molecular weight is 316 g/mol. The molecule has 2 aliphatic heterocycles. The van der Waals surface area contributed by atoms with Gasteiger partial charge in [0.05, 0.1) is 12.3 Å². The van der Waals surface area contributed by atoms with Gasteiger partial charge in [-0.2, -0.15) is 0 Å². The Kier molecular flexibility index (Phi) is 5.14. The smallest absolute Gasteiger partial charge is 0.214 e. The first kappa shape index (κ1) is 16.5. The largest absolute Gasteiger partial charge is 0.357 e. The van der Waals surface area contributed by atoms with E-state index in [-0.39, 0.29) is 5.75 Å². The van der Waals surface area contributed by atoms with Crippen molar-refractivity contribution in [3.8, 4) is 0 Å². The number of nitrogens with one attached hydrogen (secondary N) is 1. The van der Waals surface area contributed by atoms with E-state index < -0.39 is 10.0 Å². The zero-order chi connectivity index (χ0) is 15.5. The van der Waals surface area contributed by atoms with Gasteiger partial charge in [-0.05, 0) is 25.2 Å². The summed E-state index contributed by atoms with van der Waals surface area (Å²) in [7, 11) is -3.00. The van der Waals surface area contributed by atoms with Gasteiger partial charge >= 0.3 is 0 Å². The molecule has 0 aromatic heterocycles. The van der Waals surface area contributed by atoms with Crippen molar-refractivity contribution in [2.75, 3.05) is 45.0 Å². The zero-order valence-corrected chi connectivity index (χ0v) is 14.2. The van der Waals surface area contributed by atoms with Gasteiger partial charge in [-0.25, -0.2) is 12.7 Å². The molecule has 7 heteroatoms. The molecule has 0 aromatic carbocycles. The fourth-order valence-corrected chi connectivity index (χ4v) is 4.45. The predicted molar refractivity (Wildman–Crippen MR) is 85.9 cm³/mol. The molecule has 0 spiro atoms. The maximum absolute atomic E-state index is 11.8. The molecular formula is C14H28N4O2S. The Balaban J connectivity index is 1.92. The fourth-order valence-electron chi connectivity index (χ4n) is 2.93. The summed E-state index contributed by atoms with van der Waals surface area (Å²) < 4.78 is 25.1. The highest BCUT2D eigenvalue weighted by Crippen LogP contribution is 2.28. The van der Waals surface area contributed by atoms with Crippen LogP contribution in [0.3, 0.4) is 0 Å². The van der Waals surface area contributed by atoms with Gasteiger partial charge in [-0.1, -0.05) is 13.8 Å². The Morgan fingerprint density at radius 1 is 1.33 bits per heavy atom. The molecule has 6 nitrogen and oxygen atoms in total. The van der Waals surface area contributed by atoms with Crippen LogP contribution in [0.4, 0.5) is 0 Å². The number of aliphatic imine (C=N–C) groups is 1. The molecule has 2 fully saturated rings. The summed E-state index contributed by atoms with van der Waals surface area (Å²) in [6.07, 6.45) is 1.91. The van der Waals surface area contributed by atoms with Crippen molar-refractivity contribution < 1.29 is 8.42 Å². The summed E-state index contributed by atoms with van der Waals surface area (Å²) in [6.45, 7) is 11.1. The van der Waals surface area contributed by atoms with E-state index in [1.807, 2.05) is 0 Å². The highest BCUT2D eigenvalue weighted by molar-refractivity contribution is 7.89. The van der Waals surface area contributed by atoms with Gasteiger partial charge in [0, 0.05) is 32.7 Å². The average Bonchev–Trinajstić information content (AvgIpc) is 2.91. The van der Waals surface area contributed by atoms with Crippen LogP contribution in [0.1, 0.15) is 33.6 Å². The van der Waals surface area contributed by atoms with Crippen LogP contribution in [0.5, 0.6) is 0 Å². The predicted octanol–water partition coefficient (Wildman–Crippen LogP) is 0.719. The van der Waals surface area contributed by atoms with Crippen molar-refractivity contribution in [2.45, 2.75) is 33.6 Å². The molecule has 0 aliphatic carbocycles. The van der Waals surface area contributed by atoms with Crippen molar-refractivity contribution in [3.63, 3.8) is 0 Å². The van der Waals surface area contributed by atoms with Crippen molar-refractivity contribution in [3.05, 3.63) is 0 Å². The highest BCUT2D eigenvalue weighted by atomic mass is 32.2. The second-order valence-electron chi connectivity index (χ2n) is 6.64. The van der Waals surface area contributed by atoms with E-state index in [0.717, 1.165) is 38.4 Å². The third-order valence-electron chi connectivity index (χ3n) is 4.13. The van der Waals surface area contributed by atoms with Crippen LogP contribution in [-0.4, -0.2) is 68.6 Å². The number of rotatable bonds is 4. The van der Waals surface area contributed by atoms with E-state index in [4.69, 9.17) is 0 Å². The van der Waals surface area contributed by atoms with Gasteiger partial charge in [-0.15, -0.1) is 0 Å². The number of guanidine groups is 1. The summed E-state index contributed by atoms with van der Waals surface area (Å²) in [5.41, 5.74) is 0.328. The lowest BCUT2D eigenvalue weighted by Gasteiger charge is -2.24. The van der Waals surface area contributed by atoms with Crippen LogP contribution in [0.15, 0.2) is 4.99 Å². The van der Waals surface area contributed by atoms with Crippen molar-refractivity contribution in [2.24, 2.45) is 10.4 Å². The minimum absolute atomic E-state index is 0.289. The molecule has 0 bridgehead atoms. The SMILES string of the molecule is CCNC(=NCCN1CCCS1(=O)=O)N1CCC(C)(C)C1. The molecule has 2 heterocycles. The van der Waals surface area contributed by atoms with Crippen LogP contribution in [0, 0.1) is 5.41 Å². The molecule has 0 radical (unpaired) electrons. The van der Waals surface area contributed by atoms with E-state index >= 15 is 0 Å². The molecule has 0 unspecified atom stereocenters. The molecule has 122 valence electrons. The van der Waals surface area contributed by atoms with Gasteiger partial charge in [0.2, 0.25) is 10.0 Å². The summed E-state index contributed by atoms with van der Waals surface area (Å²) in [6, 6.07) is 0. The van der Waals surface area contributed by atoms with Gasteiger partial charge in [0.25, 0.3) is 0 Å². The first-order valence-corrected chi connectivity index (χ1v) is 9.46. The molecule has 0 saturated carbocycles. The fraction of sp³-hybridized carbons (Fsp3) is 0.929. The molecule has 2 aliphatic rings. The molecular weight excluding hydrogens is 288 g/mol. The minimum atomic E-state index is -3.00. The molecule has 21 heavy (non-hydrogen) atoms. The molecule has 0 atom stereocenters. The standard InChI is InChI=1S/C14H28N4O2S/c1-4-15-13(17-9-6-14(2,3)12-17)16-7-10-18-8-5-11-21(18,19)20/h4-12H2,1-3H3,(H,15,16). The summed E-state index contributed by atoms with van der Waals surface area (Å²) in [5.74, 6) is 1.21. The van der Waals surface area contributed by atoms with Crippen molar-refractivity contribution in [1.82, 2.24) is 14.5 Å². The number of nitrogens with zero attached hydrogens (tertiary/aromatic N) is 3. The molecule has 2 saturated heterocycles. The Morgan fingerprint density at radius 2 is 2.10 bits per heavy atom. The maximum Gasteiger partial charge on any atom is 0.214 e. The van der Waals surface area contributed by atoms with Crippen LogP contribution < -0.4 is 5.32 Å². The van der Waals surface area contributed by atoms with E-state index in [0.29, 0.717) is 25.0 Å². The number of sulfonamides is 1. The lowest BCUT2D eigenvalue weighted by molar-refractivity contribution is 0.369. The van der Waals surface area contributed by atoms with Crippen LogP contribution >= 0.6 is 0 Å². The monoisotopic (exact) mass is 316 g/mol. The number of likely N-dealkylation sites (tertiary alicyclic amines) is 1. The third kappa shape index (κ3) is 4.32. The normalized spacial score (nSPS) is 25.5. The van der Waals surface area contributed by atoms with E-state index in [1.54, 1.807) is 4.31 Å². The van der Waals surface area contributed by atoms with Gasteiger partial charge in [0.15, 0.2) is 5.96 Å². The number of hydrogen-bond acceptors (Lipinski definition) is 3. The third-order valence-corrected chi connectivity index (χ3v) is 6.08. The second-order valence-corrected chi connectivity index (χ2v) is 8.73. The van der Waals surface area contributed by atoms with E-state index in [1.165, 1.54) is 0 Å². The molecule has 2 rings (SSSR count). The van der Waals surface area contributed by atoms with Gasteiger partial charge in [-0.3, -0.25) is 4.99 Å². The van der Waals surface area contributed by atoms with Crippen molar-refractivity contribution in [1.29, 1.82) is 0 Å². The minimum Gasteiger partial charge on any atom is -0.357 e. The Morgan fingerprint density at radius 3 is 2.62 bits per heavy atom. The molecule has 0 amide bonds. The topological polar surface area (TPSA) is 65.0 Å². The second kappa shape index (κ2) is 6.52. The Bertz CT molecular complexity index is 487. The van der Waals surface area contributed by atoms with Crippen LogP contribution in [-0.2, 0) is 10.0 Å². The Hall–Kier alpha value is -0.820. The first-order chi connectivity index (χ1) is 9.84. The van der Waals surface area contributed by atoms with E-state index in [2.05, 4.69) is 36.0 Å². The van der Waals surface area contributed by atoms with Crippen molar-refractivity contribution >= 4 is 16.0 Å². The molecule has 0 aromatic rings. The van der Waals surface area contributed by atoms with Gasteiger partial charge < -0.3 is 10.2 Å². The van der Waals surface area contributed by atoms with Crippen LogP contribution in [0.2, 0.25) is 0 Å². The summed E-state index contributed by atoms with van der Waals surface area (Å²) in [4.78, 5) is 6.90. The Labute approximate surface area is 128 Å². The van der Waals surface area contributed by atoms with Crippen LogP contribution in [0.25, 0.3) is 0 Å². The lowest BCUT2D eigenvalue weighted by atomic mass is 9.93.